The van der Waals surface area contributed by atoms with Crippen LogP contribution in [0.1, 0.15) is 32.3 Å². The molecule has 274 valence electrons. The van der Waals surface area contributed by atoms with Gasteiger partial charge in [-0.1, -0.05) is 44.2 Å². The van der Waals surface area contributed by atoms with Crippen LogP contribution in [-0.2, 0) is 68.3 Å². The minimum atomic E-state index is -0.978. The number of benzene rings is 1. The van der Waals surface area contributed by atoms with Crippen molar-refractivity contribution in [2.45, 2.75) is 33.3 Å². The molecule has 0 bridgehead atoms. The molecule has 1 aromatic carbocycles. The molecule has 0 atom stereocenters. The largest absolute Gasteiger partial charge is 0.480 e. The average Bonchev–Trinajstić information content (AvgIpc) is 3.08. The Bertz CT molecular complexity index is 784. The van der Waals surface area contributed by atoms with Crippen LogP contribution in [0.25, 0.3) is 0 Å². The monoisotopic (exact) mass is 678 g/mol. The number of carboxylic acids is 1. The zero-order chi connectivity index (χ0) is 34.3. The van der Waals surface area contributed by atoms with Crippen molar-refractivity contribution in [1.82, 2.24) is 0 Å². The number of hydrogen-bond donors (Lipinski definition) is 1. The van der Waals surface area contributed by atoms with Crippen molar-refractivity contribution in [2.75, 3.05) is 132 Å². The fraction of sp³-hybridized carbons (Fsp3) is 0.758. The predicted octanol–water partition coefficient (Wildman–Crippen LogP) is 2.79. The van der Waals surface area contributed by atoms with Gasteiger partial charge >= 0.3 is 11.9 Å². The maximum Gasteiger partial charge on any atom is 0.332 e. The fourth-order valence-electron chi connectivity index (χ4n) is 3.14. The van der Waals surface area contributed by atoms with E-state index >= 15 is 0 Å². The van der Waals surface area contributed by atoms with Crippen LogP contribution in [0.4, 0.5) is 0 Å². The van der Waals surface area contributed by atoms with Crippen LogP contribution >= 0.6 is 0 Å². The van der Waals surface area contributed by atoms with E-state index < -0.39 is 5.97 Å². The van der Waals surface area contributed by atoms with Gasteiger partial charge in [0.05, 0.1) is 106 Å². The van der Waals surface area contributed by atoms with E-state index in [-0.39, 0.29) is 32.4 Å². The van der Waals surface area contributed by atoms with Crippen LogP contribution in [-0.4, -0.2) is 149 Å². The van der Waals surface area contributed by atoms with Crippen molar-refractivity contribution < 1.29 is 66.8 Å². The summed E-state index contributed by atoms with van der Waals surface area (Å²) in [6.07, 6.45) is 2.04. The standard InChI is InChI=1S/C20H32O7.C13H26O7/c1-2-8-22-9-10-23-11-12-24-13-14-25-15-16-26-18-20(21)27-17-19-6-4-3-5-7-19;1-2-3-16-4-5-17-6-7-18-8-9-19-10-11-20-12-13(14)15/h3-7H,2,8-18H2,1H3;2-12H2,1H3,(H,14,15). The first-order valence-corrected chi connectivity index (χ1v) is 16.3. The van der Waals surface area contributed by atoms with Gasteiger partial charge in [0.1, 0.15) is 19.8 Å². The van der Waals surface area contributed by atoms with Gasteiger partial charge in [0.15, 0.2) is 0 Å². The quantitative estimate of drug-likeness (QED) is 0.0839. The Balaban J connectivity index is 0.000000945. The molecule has 47 heavy (non-hydrogen) atoms. The number of aliphatic carboxylic acids is 1. The highest BCUT2D eigenvalue weighted by molar-refractivity contribution is 5.70. The van der Waals surface area contributed by atoms with Crippen LogP contribution in [0.2, 0.25) is 0 Å². The van der Waals surface area contributed by atoms with Crippen molar-refractivity contribution in [3.05, 3.63) is 35.9 Å². The predicted molar refractivity (Wildman–Crippen MR) is 173 cm³/mol. The van der Waals surface area contributed by atoms with Crippen LogP contribution in [0.15, 0.2) is 30.3 Å². The summed E-state index contributed by atoms with van der Waals surface area (Å²) >= 11 is 0. The van der Waals surface area contributed by atoms with Crippen LogP contribution < -0.4 is 0 Å². The highest BCUT2D eigenvalue weighted by atomic mass is 16.6. The maximum absolute atomic E-state index is 11.5. The number of esters is 1. The molecule has 0 saturated heterocycles. The summed E-state index contributed by atoms with van der Waals surface area (Å²) < 4.78 is 57.5. The summed E-state index contributed by atoms with van der Waals surface area (Å²) in [4.78, 5) is 21.7. The van der Waals surface area contributed by atoms with E-state index in [0.717, 1.165) is 31.6 Å². The molecule has 1 aromatic rings. The van der Waals surface area contributed by atoms with Gasteiger partial charge in [-0.25, -0.2) is 9.59 Å². The average molecular weight is 679 g/mol. The SMILES string of the molecule is CCCOCCOCCOCCOCCOCC(=O)O.CCCOCCOCCOCCOCCOCC(=O)OCc1ccccc1. The van der Waals surface area contributed by atoms with E-state index in [9.17, 15) is 9.59 Å². The smallest absolute Gasteiger partial charge is 0.332 e. The van der Waals surface area contributed by atoms with Gasteiger partial charge in [-0.2, -0.15) is 0 Å². The van der Waals surface area contributed by atoms with Gasteiger partial charge in [-0.05, 0) is 18.4 Å². The Morgan fingerprint density at radius 2 is 0.787 bits per heavy atom. The number of hydrogen-bond acceptors (Lipinski definition) is 13. The second-order valence-corrected chi connectivity index (χ2v) is 9.54. The molecular formula is C33H58O14. The molecule has 0 aromatic heterocycles. The lowest BCUT2D eigenvalue weighted by molar-refractivity contribution is -0.151. The molecule has 1 rings (SSSR count). The van der Waals surface area contributed by atoms with Crippen molar-refractivity contribution in [3.63, 3.8) is 0 Å². The van der Waals surface area contributed by atoms with Gasteiger partial charge in [-0.3, -0.25) is 0 Å². The summed E-state index contributed by atoms with van der Waals surface area (Å²) in [7, 11) is 0. The topological polar surface area (TPSA) is 156 Å². The molecule has 0 aliphatic heterocycles. The highest BCUT2D eigenvalue weighted by Gasteiger charge is 2.03. The summed E-state index contributed by atoms with van der Waals surface area (Å²) in [5.74, 6) is -1.37. The molecule has 0 heterocycles. The molecule has 0 saturated carbocycles. The number of rotatable bonds is 34. The fourth-order valence-corrected chi connectivity index (χ4v) is 3.14. The van der Waals surface area contributed by atoms with Gasteiger partial charge in [0.2, 0.25) is 0 Å². The van der Waals surface area contributed by atoms with Gasteiger partial charge < -0.3 is 57.2 Å². The minimum Gasteiger partial charge on any atom is -0.480 e. The summed E-state index contributed by atoms with van der Waals surface area (Å²) in [5, 5.41) is 8.31. The lowest BCUT2D eigenvalue weighted by atomic mass is 10.2. The Kier molecular flexibility index (Phi) is 36.4. The lowest BCUT2D eigenvalue weighted by Crippen LogP contribution is -2.16. The number of carbonyl (C=O) groups excluding carboxylic acids is 1. The first kappa shape index (κ1) is 44.8. The molecule has 0 amide bonds. The summed E-state index contributed by atoms with van der Waals surface area (Å²) in [5.41, 5.74) is 0.949. The first-order chi connectivity index (χ1) is 23.1. The molecule has 14 nitrogen and oxygen atoms in total. The third-order valence-electron chi connectivity index (χ3n) is 5.36. The van der Waals surface area contributed by atoms with E-state index in [4.69, 9.17) is 57.2 Å². The molecule has 0 aliphatic rings. The van der Waals surface area contributed by atoms with Crippen molar-refractivity contribution in [3.8, 4) is 0 Å². The first-order valence-electron chi connectivity index (χ1n) is 16.3. The molecule has 0 spiro atoms. The van der Waals surface area contributed by atoms with Gasteiger partial charge in [0.25, 0.3) is 0 Å². The number of ether oxygens (including phenoxy) is 11. The molecule has 0 fully saturated rings. The molecule has 0 aliphatic carbocycles. The summed E-state index contributed by atoms with van der Waals surface area (Å²) in [6, 6.07) is 9.52. The van der Waals surface area contributed by atoms with E-state index in [1.54, 1.807) is 0 Å². The number of carboxylic acid groups (broad SMARTS) is 1. The number of carbonyl (C=O) groups is 2. The van der Waals surface area contributed by atoms with Crippen molar-refractivity contribution >= 4 is 11.9 Å². The molecule has 1 N–H and O–H groups in total. The normalized spacial score (nSPS) is 10.9. The van der Waals surface area contributed by atoms with Crippen LogP contribution in [0.3, 0.4) is 0 Å². The zero-order valence-electron chi connectivity index (χ0n) is 28.4. The maximum atomic E-state index is 11.5. The summed E-state index contributed by atoms with van der Waals surface area (Å²) in [6.45, 7) is 13.4. The van der Waals surface area contributed by atoms with Crippen LogP contribution in [0, 0.1) is 0 Å². The lowest BCUT2D eigenvalue weighted by Gasteiger charge is -2.08. The molecule has 0 radical (unpaired) electrons. The second-order valence-electron chi connectivity index (χ2n) is 9.54. The highest BCUT2D eigenvalue weighted by Crippen LogP contribution is 2.00. The van der Waals surface area contributed by atoms with Crippen molar-refractivity contribution in [1.29, 1.82) is 0 Å². The van der Waals surface area contributed by atoms with E-state index in [2.05, 4.69) is 13.8 Å². The third kappa shape index (κ3) is 38.1. The Morgan fingerprint density at radius 1 is 0.468 bits per heavy atom. The minimum absolute atomic E-state index is 0.0774. The van der Waals surface area contributed by atoms with E-state index in [0.29, 0.717) is 99.1 Å². The Morgan fingerprint density at radius 3 is 1.13 bits per heavy atom. The van der Waals surface area contributed by atoms with E-state index in [1.165, 1.54) is 0 Å². The second kappa shape index (κ2) is 38.2. The van der Waals surface area contributed by atoms with Crippen LogP contribution in [0.5, 0.6) is 0 Å². The van der Waals surface area contributed by atoms with Gasteiger partial charge in [0, 0.05) is 13.2 Å². The van der Waals surface area contributed by atoms with Crippen molar-refractivity contribution in [2.24, 2.45) is 0 Å². The Labute approximate surface area is 280 Å². The zero-order valence-corrected chi connectivity index (χ0v) is 28.4. The Hall–Kier alpha value is -2.24. The van der Waals surface area contributed by atoms with Gasteiger partial charge in [-0.15, -0.1) is 0 Å². The molecular weight excluding hydrogens is 620 g/mol. The van der Waals surface area contributed by atoms with E-state index in [1.807, 2.05) is 30.3 Å². The molecule has 0 unspecified atom stereocenters. The molecule has 14 heteroatoms. The third-order valence-corrected chi connectivity index (χ3v) is 5.36.